The number of nitrogens with zero attached hydrogens (tertiary/aromatic N) is 4. The molecule has 0 spiro atoms. The average Bonchev–Trinajstić information content (AvgIpc) is 3.22. The summed E-state index contributed by atoms with van der Waals surface area (Å²) in [6, 6.07) is 13.1. The molecular formula is C27H39N5O3. The Balaban J connectivity index is 0.000000363. The molecule has 0 bridgehead atoms. The lowest BCUT2D eigenvalue weighted by Crippen LogP contribution is -2.43. The first kappa shape index (κ1) is 28.2. The van der Waals surface area contributed by atoms with Gasteiger partial charge in [-0.15, -0.1) is 0 Å². The van der Waals surface area contributed by atoms with Crippen LogP contribution in [0.15, 0.2) is 36.5 Å². The van der Waals surface area contributed by atoms with Crippen LogP contribution in [-0.4, -0.2) is 52.2 Å². The fraction of sp³-hybridized carbons (Fsp3) is 0.556. The van der Waals surface area contributed by atoms with E-state index in [-0.39, 0.29) is 11.8 Å². The number of hydrogen-bond acceptors (Lipinski definition) is 7. The van der Waals surface area contributed by atoms with Gasteiger partial charge in [-0.05, 0) is 38.2 Å². The van der Waals surface area contributed by atoms with Crippen LogP contribution in [0.1, 0.15) is 63.8 Å². The van der Waals surface area contributed by atoms with E-state index in [0.29, 0.717) is 18.5 Å². The summed E-state index contributed by atoms with van der Waals surface area (Å²) in [4.78, 5) is 23.4. The molecule has 0 radical (unpaired) electrons. The second-order valence-corrected chi connectivity index (χ2v) is 8.84. The summed E-state index contributed by atoms with van der Waals surface area (Å²) in [7, 11) is 1.00. The smallest absolute Gasteiger partial charge is 0.227 e. The van der Waals surface area contributed by atoms with E-state index in [1.807, 2.05) is 19.9 Å². The van der Waals surface area contributed by atoms with Crippen LogP contribution in [-0.2, 0) is 28.0 Å². The number of fused-ring (bicyclic) bond motifs is 1. The Morgan fingerprint density at radius 1 is 1.29 bits per heavy atom. The normalized spacial score (nSPS) is 19.7. The molecule has 1 amide bonds. The van der Waals surface area contributed by atoms with Crippen molar-refractivity contribution >= 4 is 11.9 Å². The number of hydrogen-bond donors (Lipinski definition) is 2. The molecule has 1 aromatic heterocycles. The lowest BCUT2D eigenvalue weighted by atomic mass is 9.95. The lowest BCUT2D eigenvalue weighted by Gasteiger charge is -2.31. The van der Waals surface area contributed by atoms with Crippen molar-refractivity contribution in [3.8, 4) is 6.07 Å². The van der Waals surface area contributed by atoms with Crippen LogP contribution in [0.2, 0.25) is 0 Å². The summed E-state index contributed by atoms with van der Waals surface area (Å²) in [6.45, 7) is 9.65. The third-order valence-electron chi connectivity index (χ3n) is 6.56. The van der Waals surface area contributed by atoms with Gasteiger partial charge < -0.3 is 20.1 Å². The van der Waals surface area contributed by atoms with E-state index >= 15 is 0 Å². The maximum atomic E-state index is 12.7. The maximum Gasteiger partial charge on any atom is 0.227 e. The number of amides is 1. The lowest BCUT2D eigenvalue weighted by molar-refractivity contribution is -0.139. The van der Waals surface area contributed by atoms with Gasteiger partial charge >= 0.3 is 0 Å². The van der Waals surface area contributed by atoms with Crippen LogP contribution in [0, 0.1) is 17.2 Å². The van der Waals surface area contributed by atoms with Crippen molar-refractivity contribution in [3.63, 3.8) is 0 Å². The van der Waals surface area contributed by atoms with Gasteiger partial charge in [0.2, 0.25) is 11.9 Å². The van der Waals surface area contributed by atoms with Gasteiger partial charge in [-0.2, -0.15) is 5.26 Å². The van der Waals surface area contributed by atoms with Gasteiger partial charge in [0, 0.05) is 44.0 Å². The third kappa shape index (κ3) is 7.00. The number of benzene rings is 1. The molecule has 3 heterocycles. The van der Waals surface area contributed by atoms with E-state index in [2.05, 4.69) is 52.5 Å². The number of carbonyl (C=O) groups excluding carboxylic acids is 1. The number of rotatable bonds is 5. The molecule has 8 nitrogen and oxygen atoms in total. The summed E-state index contributed by atoms with van der Waals surface area (Å²) < 4.78 is 5.37. The second-order valence-electron chi connectivity index (χ2n) is 8.84. The molecule has 2 unspecified atom stereocenters. The predicted molar refractivity (Wildman–Crippen MR) is 136 cm³/mol. The molecule has 1 aromatic carbocycles. The molecule has 2 aromatic rings. The van der Waals surface area contributed by atoms with Crippen LogP contribution in [0.4, 0.5) is 5.95 Å². The molecule has 4 rings (SSSR count). The highest BCUT2D eigenvalue weighted by Gasteiger charge is 2.46. The van der Waals surface area contributed by atoms with Gasteiger partial charge in [-0.1, -0.05) is 51.1 Å². The third-order valence-corrected chi connectivity index (χ3v) is 6.56. The monoisotopic (exact) mass is 481 g/mol. The van der Waals surface area contributed by atoms with Crippen LogP contribution < -0.4 is 5.32 Å². The predicted octanol–water partition coefficient (Wildman–Crippen LogP) is 4.05. The SMILES string of the molecule is CCC(C)C(=O)N1Cc2nc(NC3CCOCC3)ncc2C1(C)C#N.CCc1ccccc1.CO. The van der Waals surface area contributed by atoms with Gasteiger partial charge in [0.1, 0.15) is 0 Å². The number of aliphatic hydroxyl groups excluding tert-OH is 1. The molecule has 2 N–H and O–H groups in total. The van der Waals surface area contributed by atoms with Crippen molar-refractivity contribution in [1.82, 2.24) is 14.9 Å². The summed E-state index contributed by atoms with van der Waals surface area (Å²) in [5.41, 5.74) is 1.88. The molecule has 2 aliphatic heterocycles. The molecule has 1 fully saturated rings. The van der Waals surface area contributed by atoms with Crippen molar-refractivity contribution in [2.75, 3.05) is 25.6 Å². The van der Waals surface area contributed by atoms with Crippen LogP contribution >= 0.6 is 0 Å². The molecule has 190 valence electrons. The van der Waals surface area contributed by atoms with Gasteiger partial charge in [0.05, 0.1) is 18.3 Å². The van der Waals surface area contributed by atoms with Crippen molar-refractivity contribution < 1.29 is 14.6 Å². The number of aromatic nitrogens is 2. The molecule has 8 heteroatoms. The van der Waals surface area contributed by atoms with E-state index in [4.69, 9.17) is 9.84 Å². The Kier molecular flexibility index (Phi) is 11.1. The zero-order valence-electron chi connectivity index (χ0n) is 21.6. The molecule has 2 atom stereocenters. The second kappa shape index (κ2) is 13.8. The number of nitriles is 1. The van der Waals surface area contributed by atoms with Crippen molar-refractivity contribution in [1.29, 1.82) is 5.26 Å². The highest BCUT2D eigenvalue weighted by Crippen LogP contribution is 2.39. The van der Waals surface area contributed by atoms with Crippen LogP contribution in [0.25, 0.3) is 0 Å². The molecule has 2 aliphatic rings. The summed E-state index contributed by atoms with van der Waals surface area (Å²) in [6.07, 6.45) is 5.43. The van der Waals surface area contributed by atoms with E-state index < -0.39 is 5.54 Å². The Labute approximate surface area is 209 Å². The number of aliphatic hydroxyl groups is 1. The highest BCUT2D eigenvalue weighted by atomic mass is 16.5. The number of aryl methyl sites for hydroxylation is 1. The first-order chi connectivity index (χ1) is 16.9. The topological polar surface area (TPSA) is 111 Å². The molecule has 1 saturated heterocycles. The zero-order chi connectivity index (χ0) is 25.8. The van der Waals surface area contributed by atoms with E-state index in [0.717, 1.165) is 57.3 Å². The van der Waals surface area contributed by atoms with Gasteiger partial charge in [-0.25, -0.2) is 9.97 Å². The summed E-state index contributed by atoms with van der Waals surface area (Å²) >= 11 is 0. The van der Waals surface area contributed by atoms with Crippen molar-refractivity contribution in [3.05, 3.63) is 53.3 Å². The summed E-state index contributed by atoms with van der Waals surface area (Å²) in [5.74, 6) is 0.432. The quantitative estimate of drug-likeness (QED) is 0.662. The maximum absolute atomic E-state index is 12.7. The van der Waals surface area contributed by atoms with Crippen LogP contribution in [0.5, 0.6) is 0 Å². The molecule has 0 aliphatic carbocycles. The summed E-state index contributed by atoms with van der Waals surface area (Å²) in [5, 5.41) is 20.1. The Morgan fingerprint density at radius 2 is 1.94 bits per heavy atom. The Morgan fingerprint density at radius 3 is 2.49 bits per heavy atom. The number of carbonyl (C=O) groups is 1. The van der Waals surface area contributed by atoms with Gasteiger partial charge in [-0.3, -0.25) is 4.79 Å². The largest absolute Gasteiger partial charge is 0.400 e. The Hall–Kier alpha value is -3.02. The van der Waals surface area contributed by atoms with E-state index in [1.54, 1.807) is 18.0 Å². The number of nitrogens with one attached hydrogen (secondary N) is 1. The van der Waals surface area contributed by atoms with Crippen LogP contribution in [0.3, 0.4) is 0 Å². The van der Waals surface area contributed by atoms with Gasteiger partial charge in [0.15, 0.2) is 5.54 Å². The van der Waals surface area contributed by atoms with Crippen molar-refractivity contribution in [2.24, 2.45) is 5.92 Å². The van der Waals surface area contributed by atoms with E-state index in [9.17, 15) is 10.1 Å². The first-order valence-corrected chi connectivity index (χ1v) is 12.3. The highest BCUT2D eigenvalue weighted by molar-refractivity contribution is 5.81. The standard InChI is InChI=1S/C18H25N5O2.C8H10.CH4O/c1-4-12(2)16(24)23-10-15-14(18(23,3)11-19)9-20-17(22-15)21-13-5-7-25-8-6-13;1-2-8-6-4-3-5-7-8;1-2/h9,12-13H,4-8,10H2,1-3H3,(H,20,21,22);3-7H,2H2,1H3;2H,1H3. The Bertz CT molecular complexity index is 973. The number of ether oxygens (including phenoxy) is 1. The average molecular weight is 482 g/mol. The van der Waals surface area contributed by atoms with Gasteiger partial charge in [0.25, 0.3) is 0 Å². The first-order valence-electron chi connectivity index (χ1n) is 12.3. The minimum absolute atomic E-state index is 0.0107. The minimum atomic E-state index is -1.01. The van der Waals surface area contributed by atoms with E-state index in [1.165, 1.54) is 5.56 Å². The molecule has 0 saturated carbocycles. The fourth-order valence-corrected chi connectivity index (χ4v) is 4.06. The number of anilines is 1. The zero-order valence-corrected chi connectivity index (χ0v) is 21.6. The molecule has 35 heavy (non-hydrogen) atoms. The molecular weight excluding hydrogens is 442 g/mol. The minimum Gasteiger partial charge on any atom is -0.400 e. The fourth-order valence-electron chi connectivity index (χ4n) is 4.06. The van der Waals surface area contributed by atoms with Crippen molar-refractivity contribution in [2.45, 2.75) is 71.5 Å².